The summed E-state index contributed by atoms with van der Waals surface area (Å²) in [6.45, 7) is 1.86. The van der Waals surface area contributed by atoms with Crippen LogP contribution in [0.4, 0.5) is 10.1 Å². The molecule has 1 saturated heterocycles. The van der Waals surface area contributed by atoms with E-state index in [1.807, 2.05) is 0 Å². The SMILES string of the molecule is COc1ccc(CCC(=O)Nc2cn[nH]c2C2CCNC2)cc1F. The molecule has 1 aromatic carbocycles. The number of benzene rings is 1. The molecule has 1 unspecified atom stereocenters. The number of hydrogen-bond acceptors (Lipinski definition) is 4. The quantitative estimate of drug-likeness (QED) is 0.758. The molecule has 1 amide bonds. The average Bonchev–Trinajstić information content (AvgIpc) is 3.24. The number of H-pyrrole nitrogens is 1. The first kappa shape index (κ1) is 16.4. The summed E-state index contributed by atoms with van der Waals surface area (Å²) in [4.78, 5) is 12.2. The molecule has 0 radical (unpaired) electrons. The predicted octanol–water partition coefficient (Wildman–Crippen LogP) is 2.21. The molecule has 2 aromatic rings. The zero-order chi connectivity index (χ0) is 16.9. The summed E-state index contributed by atoms with van der Waals surface area (Å²) in [7, 11) is 1.42. The molecule has 1 fully saturated rings. The molecule has 1 aliphatic heterocycles. The molecule has 0 bridgehead atoms. The Kier molecular flexibility index (Phi) is 5.10. The van der Waals surface area contributed by atoms with E-state index in [1.165, 1.54) is 13.2 Å². The van der Waals surface area contributed by atoms with Gasteiger partial charge in [-0.3, -0.25) is 9.89 Å². The van der Waals surface area contributed by atoms with Gasteiger partial charge in [0.2, 0.25) is 5.91 Å². The number of carbonyl (C=O) groups is 1. The summed E-state index contributed by atoms with van der Waals surface area (Å²) < 4.78 is 18.5. The van der Waals surface area contributed by atoms with Crippen molar-refractivity contribution in [3.05, 3.63) is 41.5 Å². The number of aryl methyl sites for hydroxylation is 1. The number of nitrogens with zero attached hydrogens (tertiary/aromatic N) is 1. The molecule has 0 spiro atoms. The number of aromatic nitrogens is 2. The molecule has 2 heterocycles. The van der Waals surface area contributed by atoms with Crippen molar-refractivity contribution < 1.29 is 13.9 Å². The fraction of sp³-hybridized carbons (Fsp3) is 0.412. The average molecular weight is 332 g/mol. The topological polar surface area (TPSA) is 79.0 Å². The number of nitrogens with one attached hydrogen (secondary N) is 3. The summed E-state index contributed by atoms with van der Waals surface area (Å²) in [5.41, 5.74) is 2.45. The minimum absolute atomic E-state index is 0.111. The van der Waals surface area contributed by atoms with E-state index in [9.17, 15) is 9.18 Å². The van der Waals surface area contributed by atoms with Crippen molar-refractivity contribution in [1.82, 2.24) is 15.5 Å². The summed E-state index contributed by atoms with van der Waals surface area (Å²) in [6, 6.07) is 4.74. The summed E-state index contributed by atoms with van der Waals surface area (Å²) in [5.74, 6) is 0.0241. The lowest BCUT2D eigenvalue weighted by Gasteiger charge is -2.10. The van der Waals surface area contributed by atoms with Crippen molar-refractivity contribution in [3.8, 4) is 5.75 Å². The van der Waals surface area contributed by atoms with Crippen molar-refractivity contribution in [2.75, 3.05) is 25.5 Å². The van der Waals surface area contributed by atoms with Crippen LogP contribution in [-0.2, 0) is 11.2 Å². The van der Waals surface area contributed by atoms with E-state index in [-0.39, 0.29) is 18.1 Å². The van der Waals surface area contributed by atoms with Crippen LogP contribution in [0.3, 0.4) is 0 Å². The van der Waals surface area contributed by atoms with Crippen LogP contribution < -0.4 is 15.4 Å². The van der Waals surface area contributed by atoms with Gasteiger partial charge >= 0.3 is 0 Å². The number of amides is 1. The van der Waals surface area contributed by atoms with Crippen LogP contribution in [0.5, 0.6) is 5.75 Å². The summed E-state index contributed by atoms with van der Waals surface area (Å²) in [5, 5.41) is 13.2. The van der Waals surface area contributed by atoms with Crippen molar-refractivity contribution in [1.29, 1.82) is 0 Å². The van der Waals surface area contributed by atoms with Gasteiger partial charge in [-0.25, -0.2) is 4.39 Å². The van der Waals surface area contributed by atoms with E-state index in [2.05, 4.69) is 20.8 Å². The van der Waals surface area contributed by atoms with E-state index < -0.39 is 5.82 Å². The maximum atomic E-state index is 13.7. The van der Waals surface area contributed by atoms with Gasteiger partial charge in [-0.15, -0.1) is 0 Å². The standard InChI is InChI=1S/C17H21FN4O2/c1-24-15-4-2-11(8-13(15)18)3-5-16(23)21-14-10-20-22-17(14)12-6-7-19-9-12/h2,4,8,10,12,19H,3,5-7,9H2,1H3,(H,20,22)(H,21,23). The molecular weight excluding hydrogens is 311 g/mol. The van der Waals surface area contributed by atoms with Crippen LogP contribution >= 0.6 is 0 Å². The lowest BCUT2D eigenvalue weighted by Crippen LogP contribution is -2.15. The van der Waals surface area contributed by atoms with E-state index in [0.717, 1.165) is 36.5 Å². The monoisotopic (exact) mass is 332 g/mol. The Bertz CT molecular complexity index is 710. The summed E-state index contributed by atoms with van der Waals surface area (Å²) >= 11 is 0. The van der Waals surface area contributed by atoms with Crippen molar-refractivity contribution >= 4 is 11.6 Å². The first-order valence-corrected chi connectivity index (χ1v) is 8.03. The highest BCUT2D eigenvalue weighted by Gasteiger charge is 2.22. The second kappa shape index (κ2) is 7.44. The van der Waals surface area contributed by atoms with Gasteiger partial charge in [-0.05, 0) is 37.1 Å². The molecule has 1 aromatic heterocycles. The highest BCUT2D eigenvalue weighted by Crippen LogP contribution is 2.27. The van der Waals surface area contributed by atoms with E-state index >= 15 is 0 Å². The number of anilines is 1. The Balaban J connectivity index is 1.56. The molecule has 1 aliphatic rings. The lowest BCUT2D eigenvalue weighted by molar-refractivity contribution is -0.116. The fourth-order valence-electron chi connectivity index (χ4n) is 2.94. The first-order chi connectivity index (χ1) is 11.7. The molecule has 0 saturated carbocycles. The maximum Gasteiger partial charge on any atom is 0.224 e. The highest BCUT2D eigenvalue weighted by molar-refractivity contribution is 5.91. The van der Waals surface area contributed by atoms with Crippen LogP contribution in [0, 0.1) is 5.82 Å². The van der Waals surface area contributed by atoms with E-state index in [1.54, 1.807) is 18.3 Å². The van der Waals surface area contributed by atoms with Gasteiger partial charge < -0.3 is 15.4 Å². The molecular formula is C17H21FN4O2. The molecule has 128 valence electrons. The van der Waals surface area contributed by atoms with Crippen LogP contribution in [-0.4, -0.2) is 36.3 Å². The van der Waals surface area contributed by atoms with E-state index in [4.69, 9.17) is 4.74 Å². The zero-order valence-corrected chi connectivity index (χ0v) is 13.6. The number of carbonyl (C=O) groups excluding carboxylic acids is 1. The predicted molar refractivity (Wildman–Crippen MR) is 88.7 cm³/mol. The van der Waals surface area contributed by atoms with Crippen molar-refractivity contribution in [2.24, 2.45) is 0 Å². The molecule has 3 rings (SSSR count). The number of rotatable bonds is 6. The van der Waals surface area contributed by atoms with Crippen LogP contribution in [0.25, 0.3) is 0 Å². The number of methoxy groups -OCH3 is 1. The smallest absolute Gasteiger partial charge is 0.224 e. The van der Waals surface area contributed by atoms with Gasteiger partial charge in [0, 0.05) is 18.9 Å². The Morgan fingerprint density at radius 1 is 1.50 bits per heavy atom. The van der Waals surface area contributed by atoms with Crippen LogP contribution in [0.2, 0.25) is 0 Å². The van der Waals surface area contributed by atoms with Crippen LogP contribution in [0.15, 0.2) is 24.4 Å². The molecule has 3 N–H and O–H groups in total. The van der Waals surface area contributed by atoms with Gasteiger partial charge in [0.05, 0.1) is 24.7 Å². The lowest BCUT2D eigenvalue weighted by atomic mass is 10.0. The Hall–Kier alpha value is -2.41. The zero-order valence-electron chi connectivity index (χ0n) is 13.6. The minimum atomic E-state index is -0.415. The normalized spacial score (nSPS) is 17.0. The summed E-state index contributed by atoms with van der Waals surface area (Å²) in [6.07, 6.45) is 3.40. The fourth-order valence-corrected chi connectivity index (χ4v) is 2.94. The number of ether oxygens (including phenoxy) is 1. The largest absolute Gasteiger partial charge is 0.494 e. The van der Waals surface area contributed by atoms with Gasteiger partial charge in [-0.2, -0.15) is 5.10 Å². The number of aromatic amines is 1. The molecule has 6 nitrogen and oxygen atoms in total. The molecule has 1 atom stereocenters. The third-order valence-corrected chi connectivity index (χ3v) is 4.27. The van der Waals surface area contributed by atoms with Crippen LogP contribution in [0.1, 0.15) is 30.0 Å². The Morgan fingerprint density at radius 2 is 2.38 bits per heavy atom. The third-order valence-electron chi connectivity index (χ3n) is 4.27. The number of halogens is 1. The Labute approximate surface area is 139 Å². The van der Waals surface area contributed by atoms with Crippen molar-refractivity contribution in [2.45, 2.75) is 25.2 Å². The Morgan fingerprint density at radius 3 is 3.08 bits per heavy atom. The first-order valence-electron chi connectivity index (χ1n) is 8.03. The minimum Gasteiger partial charge on any atom is -0.494 e. The highest BCUT2D eigenvalue weighted by atomic mass is 19.1. The molecule has 7 heteroatoms. The van der Waals surface area contributed by atoms with Crippen molar-refractivity contribution in [3.63, 3.8) is 0 Å². The molecule has 0 aliphatic carbocycles. The molecule has 24 heavy (non-hydrogen) atoms. The maximum absolute atomic E-state index is 13.7. The second-order valence-electron chi connectivity index (χ2n) is 5.90. The van der Waals surface area contributed by atoms with E-state index in [0.29, 0.717) is 12.3 Å². The third kappa shape index (κ3) is 3.73. The van der Waals surface area contributed by atoms with Gasteiger partial charge in [0.15, 0.2) is 11.6 Å². The van der Waals surface area contributed by atoms with Gasteiger partial charge in [-0.1, -0.05) is 6.07 Å². The second-order valence-corrected chi connectivity index (χ2v) is 5.90. The van der Waals surface area contributed by atoms with Gasteiger partial charge in [0.25, 0.3) is 0 Å². The number of hydrogen-bond donors (Lipinski definition) is 3. The van der Waals surface area contributed by atoms with Gasteiger partial charge in [0.1, 0.15) is 0 Å².